The van der Waals surface area contributed by atoms with Crippen LogP contribution in [-0.2, 0) is 0 Å². The van der Waals surface area contributed by atoms with E-state index in [9.17, 15) is 4.39 Å². The van der Waals surface area contributed by atoms with Crippen LogP contribution in [0, 0.1) is 11.7 Å². The third-order valence-corrected chi connectivity index (χ3v) is 5.20. The minimum atomic E-state index is -0.181. The molecule has 0 bridgehead atoms. The lowest BCUT2D eigenvalue weighted by molar-refractivity contribution is -0.0519. The van der Waals surface area contributed by atoms with Crippen LogP contribution in [0.15, 0.2) is 18.2 Å². The largest absolute Gasteiger partial charge is 0.487 e. The Bertz CT molecular complexity index is 490. The van der Waals surface area contributed by atoms with Gasteiger partial charge in [0.2, 0.25) is 0 Å². The molecule has 3 heteroatoms. The van der Waals surface area contributed by atoms with Gasteiger partial charge in [0.15, 0.2) is 0 Å². The molecule has 0 radical (unpaired) electrons. The van der Waals surface area contributed by atoms with Gasteiger partial charge in [-0.25, -0.2) is 4.39 Å². The molecule has 3 atom stereocenters. The smallest absolute Gasteiger partial charge is 0.125 e. The van der Waals surface area contributed by atoms with E-state index in [1.54, 1.807) is 12.1 Å². The number of ether oxygens (including phenoxy) is 1. The van der Waals surface area contributed by atoms with Gasteiger partial charge in [0.25, 0.3) is 0 Å². The molecule has 0 saturated heterocycles. The van der Waals surface area contributed by atoms with Gasteiger partial charge in [-0.2, -0.15) is 0 Å². The predicted molar refractivity (Wildman–Crippen MR) is 78.4 cm³/mol. The summed E-state index contributed by atoms with van der Waals surface area (Å²) in [6.07, 6.45) is 7.04. The van der Waals surface area contributed by atoms with Gasteiger partial charge in [0.1, 0.15) is 17.2 Å². The van der Waals surface area contributed by atoms with Crippen LogP contribution in [0.2, 0.25) is 0 Å². The van der Waals surface area contributed by atoms with Crippen LogP contribution in [0.4, 0.5) is 4.39 Å². The molecule has 2 aliphatic rings. The molecule has 0 aromatic heterocycles. The normalized spacial score (nSPS) is 32.8. The Hall–Kier alpha value is -1.09. The van der Waals surface area contributed by atoms with Crippen molar-refractivity contribution in [2.75, 3.05) is 7.05 Å². The summed E-state index contributed by atoms with van der Waals surface area (Å²) in [4.78, 5) is 0. The van der Waals surface area contributed by atoms with E-state index in [2.05, 4.69) is 12.2 Å². The summed E-state index contributed by atoms with van der Waals surface area (Å²) in [5.74, 6) is 1.31. The van der Waals surface area contributed by atoms with Crippen LogP contribution in [0.25, 0.3) is 0 Å². The molecule has 0 amide bonds. The van der Waals surface area contributed by atoms with Gasteiger partial charge in [0, 0.05) is 18.0 Å². The Morgan fingerprint density at radius 2 is 2.25 bits per heavy atom. The maximum absolute atomic E-state index is 13.5. The zero-order chi connectivity index (χ0) is 14.2. The molecule has 1 fully saturated rings. The van der Waals surface area contributed by atoms with E-state index in [0.29, 0.717) is 5.92 Å². The maximum atomic E-state index is 13.5. The molecule has 3 unspecified atom stereocenters. The summed E-state index contributed by atoms with van der Waals surface area (Å²) in [7, 11) is 1.96. The van der Waals surface area contributed by atoms with Gasteiger partial charge in [-0.3, -0.25) is 0 Å². The van der Waals surface area contributed by atoms with Crippen molar-refractivity contribution < 1.29 is 9.13 Å². The fourth-order valence-corrected chi connectivity index (χ4v) is 4.12. The molecule has 1 N–H and O–H groups in total. The number of rotatable bonds is 2. The van der Waals surface area contributed by atoms with Crippen LogP contribution in [-0.4, -0.2) is 12.6 Å². The summed E-state index contributed by atoms with van der Waals surface area (Å²) >= 11 is 0. The third-order valence-electron chi connectivity index (χ3n) is 5.20. The van der Waals surface area contributed by atoms with Crippen LogP contribution >= 0.6 is 0 Å². The van der Waals surface area contributed by atoms with Crippen LogP contribution in [0.1, 0.15) is 57.1 Å². The van der Waals surface area contributed by atoms with E-state index >= 15 is 0 Å². The molecule has 1 saturated carbocycles. The number of fused-ring (bicyclic) bond motifs is 1. The second-order valence-corrected chi connectivity index (χ2v) is 6.25. The lowest BCUT2D eigenvalue weighted by atomic mass is 9.69. The molecule has 2 nitrogen and oxygen atoms in total. The molecule has 1 aromatic rings. The minimum Gasteiger partial charge on any atom is -0.487 e. The van der Waals surface area contributed by atoms with E-state index in [1.807, 2.05) is 7.05 Å². The molecule has 1 spiro atoms. The van der Waals surface area contributed by atoms with Gasteiger partial charge in [0.05, 0.1) is 0 Å². The molecule has 1 heterocycles. The Balaban J connectivity index is 1.99. The van der Waals surface area contributed by atoms with Gasteiger partial charge in [-0.05, 0) is 56.8 Å². The van der Waals surface area contributed by atoms with E-state index in [-0.39, 0.29) is 17.5 Å². The summed E-state index contributed by atoms with van der Waals surface area (Å²) < 4.78 is 19.9. The van der Waals surface area contributed by atoms with Crippen LogP contribution in [0.3, 0.4) is 0 Å². The average molecular weight is 277 g/mol. The average Bonchev–Trinajstić information content (AvgIpc) is 2.47. The standard InChI is InChI=1S/C17H24FNO/c1-3-12-6-4-5-9-17(12)11-15(19-2)14-10-13(18)7-8-16(14)20-17/h7-8,10,12,15,19H,3-6,9,11H2,1-2H3. The van der Waals surface area contributed by atoms with E-state index < -0.39 is 0 Å². The third kappa shape index (κ3) is 2.22. The molecule has 1 aromatic carbocycles. The number of hydrogen-bond donors (Lipinski definition) is 1. The second kappa shape index (κ2) is 5.36. The number of benzene rings is 1. The highest BCUT2D eigenvalue weighted by Gasteiger charge is 2.46. The Kier molecular flexibility index (Phi) is 3.72. The molecule has 20 heavy (non-hydrogen) atoms. The van der Waals surface area contributed by atoms with Crippen molar-refractivity contribution in [3.05, 3.63) is 29.6 Å². The van der Waals surface area contributed by atoms with Crippen LogP contribution < -0.4 is 10.1 Å². The quantitative estimate of drug-likeness (QED) is 0.874. The molecular formula is C17H24FNO. The van der Waals surface area contributed by atoms with E-state index in [4.69, 9.17) is 4.74 Å². The monoisotopic (exact) mass is 277 g/mol. The van der Waals surface area contributed by atoms with Gasteiger partial charge in [-0.15, -0.1) is 0 Å². The highest BCUT2D eigenvalue weighted by Crippen LogP contribution is 2.49. The second-order valence-electron chi connectivity index (χ2n) is 6.25. The first-order chi connectivity index (χ1) is 9.68. The molecule has 110 valence electrons. The van der Waals surface area contributed by atoms with Gasteiger partial charge in [-0.1, -0.05) is 13.3 Å². The lowest BCUT2D eigenvalue weighted by Gasteiger charge is -2.49. The minimum absolute atomic E-state index is 0.0501. The number of halogens is 1. The van der Waals surface area contributed by atoms with Crippen molar-refractivity contribution >= 4 is 0 Å². The Morgan fingerprint density at radius 1 is 1.40 bits per heavy atom. The summed E-state index contributed by atoms with van der Waals surface area (Å²) in [5.41, 5.74) is 0.921. The molecule has 1 aliphatic carbocycles. The SMILES string of the molecule is CCC1CCCCC12CC(NC)c1cc(F)ccc1O2. The topological polar surface area (TPSA) is 21.3 Å². The van der Waals surface area contributed by atoms with Crippen molar-refractivity contribution in [3.8, 4) is 5.75 Å². The first-order valence-electron chi connectivity index (χ1n) is 7.84. The fourth-order valence-electron chi connectivity index (χ4n) is 4.12. The summed E-state index contributed by atoms with van der Waals surface area (Å²) in [5, 5.41) is 3.36. The number of nitrogens with one attached hydrogen (secondary N) is 1. The van der Waals surface area contributed by atoms with Crippen molar-refractivity contribution in [2.45, 2.75) is 57.1 Å². The van der Waals surface area contributed by atoms with Crippen molar-refractivity contribution in [1.82, 2.24) is 5.32 Å². The zero-order valence-corrected chi connectivity index (χ0v) is 12.4. The Labute approximate surface area is 120 Å². The zero-order valence-electron chi connectivity index (χ0n) is 12.4. The highest BCUT2D eigenvalue weighted by molar-refractivity contribution is 5.39. The van der Waals surface area contributed by atoms with Crippen molar-refractivity contribution in [1.29, 1.82) is 0 Å². The van der Waals surface area contributed by atoms with E-state index in [1.165, 1.54) is 25.3 Å². The number of hydrogen-bond acceptors (Lipinski definition) is 2. The van der Waals surface area contributed by atoms with Crippen LogP contribution in [0.5, 0.6) is 5.75 Å². The fraction of sp³-hybridized carbons (Fsp3) is 0.647. The first kappa shape index (κ1) is 13.9. The molecule has 3 rings (SSSR count). The maximum Gasteiger partial charge on any atom is 0.125 e. The predicted octanol–water partition coefficient (Wildman–Crippen LogP) is 4.21. The highest BCUT2D eigenvalue weighted by atomic mass is 19.1. The van der Waals surface area contributed by atoms with E-state index in [0.717, 1.165) is 30.6 Å². The van der Waals surface area contributed by atoms with Crippen molar-refractivity contribution in [3.63, 3.8) is 0 Å². The lowest BCUT2D eigenvalue weighted by Crippen LogP contribution is -2.50. The summed E-state index contributed by atoms with van der Waals surface area (Å²) in [6, 6.07) is 5.13. The molecular weight excluding hydrogens is 253 g/mol. The van der Waals surface area contributed by atoms with Gasteiger partial charge >= 0.3 is 0 Å². The van der Waals surface area contributed by atoms with Gasteiger partial charge < -0.3 is 10.1 Å². The van der Waals surface area contributed by atoms with Crippen molar-refractivity contribution in [2.24, 2.45) is 5.92 Å². The Morgan fingerprint density at radius 3 is 3.00 bits per heavy atom. The molecule has 1 aliphatic heterocycles. The summed E-state index contributed by atoms with van der Waals surface area (Å²) in [6.45, 7) is 2.26. The first-order valence-corrected chi connectivity index (χ1v) is 7.84.